The Balaban J connectivity index is 2.27. The van der Waals surface area contributed by atoms with Crippen LogP contribution in [0.15, 0.2) is 22.9 Å². The SMILES string of the molecule is CCCC(N)c1noc(-c2cccnc2C)n1. The molecule has 0 amide bonds. The van der Waals surface area contributed by atoms with E-state index >= 15 is 0 Å². The maximum absolute atomic E-state index is 5.93. The number of aromatic nitrogens is 3. The zero-order valence-electron chi connectivity index (χ0n) is 10.1. The van der Waals surface area contributed by atoms with E-state index < -0.39 is 0 Å². The van der Waals surface area contributed by atoms with E-state index in [9.17, 15) is 0 Å². The number of nitrogens with zero attached hydrogens (tertiary/aromatic N) is 3. The summed E-state index contributed by atoms with van der Waals surface area (Å²) in [6.07, 6.45) is 3.58. The van der Waals surface area contributed by atoms with Gasteiger partial charge in [0.05, 0.1) is 11.6 Å². The number of rotatable bonds is 4. The first-order valence-electron chi connectivity index (χ1n) is 5.73. The van der Waals surface area contributed by atoms with Crippen LogP contribution in [0.2, 0.25) is 0 Å². The number of aryl methyl sites for hydroxylation is 1. The van der Waals surface area contributed by atoms with E-state index in [1.165, 1.54) is 0 Å². The van der Waals surface area contributed by atoms with Crippen molar-refractivity contribution in [1.82, 2.24) is 15.1 Å². The highest BCUT2D eigenvalue weighted by molar-refractivity contribution is 5.55. The van der Waals surface area contributed by atoms with Gasteiger partial charge >= 0.3 is 0 Å². The molecule has 2 rings (SSSR count). The smallest absolute Gasteiger partial charge is 0.259 e. The first-order chi connectivity index (χ1) is 8.22. The van der Waals surface area contributed by atoms with Crippen molar-refractivity contribution in [2.75, 3.05) is 0 Å². The van der Waals surface area contributed by atoms with Crippen LogP contribution >= 0.6 is 0 Å². The maximum Gasteiger partial charge on any atom is 0.259 e. The van der Waals surface area contributed by atoms with E-state index in [-0.39, 0.29) is 6.04 Å². The molecule has 1 unspecified atom stereocenters. The van der Waals surface area contributed by atoms with Crippen LogP contribution in [0.1, 0.15) is 37.3 Å². The molecule has 90 valence electrons. The summed E-state index contributed by atoms with van der Waals surface area (Å²) in [4.78, 5) is 8.50. The molecule has 0 saturated carbocycles. The van der Waals surface area contributed by atoms with Crippen molar-refractivity contribution in [3.05, 3.63) is 29.8 Å². The fourth-order valence-corrected chi connectivity index (χ4v) is 1.65. The third-order valence-electron chi connectivity index (χ3n) is 2.61. The second-order valence-electron chi connectivity index (χ2n) is 3.99. The molecule has 0 radical (unpaired) electrons. The van der Waals surface area contributed by atoms with Crippen molar-refractivity contribution in [3.63, 3.8) is 0 Å². The summed E-state index contributed by atoms with van der Waals surface area (Å²) in [7, 11) is 0. The van der Waals surface area contributed by atoms with Gasteiger partial charge in [-0.05, 0) is 25.5 Å². The van der Waals surface area contributed by atoms with Crippen molar-refractivity contribution < 1.29 is 4.52 Å². The van der Waals surface area contributed by atoms with Crippen molar-refractivity contribution >= 4 is 0 Å². The van der Waals surface area contributed by atoms with Gasteiger partial charge in [-0.1, -0.05) is 18.5 Å². The average molecular weight is 232 g/mol. The van der Waals surface area contributed by atoms with Gasteiger partial charge in [-0.15, -0.1) is 0 Å². The Hall–Kier alpha value is -1.75. The lowest BCUT2D eigenvalue weighted by Crippen LogP contribution is -2.11. The van der Waals surface area contributed by atoms with E-state index in [0.717, 1.165) is 24.1 Å². The molecule has 0 aromatic carbocycles. The summed E-state index contributed by atoms with van der Waals surface area (Å²) in [5.41, 5.74) is 7.66. The molecule has 2 heterocycles. The van der Waals surface area contributed by atoms with E-state index in [2.05, 4.69) is 22.0 Å². The average Bonchev–Trinajstić information content (AvgIpc) is 2.79. The molecule has 0 bridgehead atoms. The Kier molecular flexibility index (Phi) is 3.49. The van der Waals surface area contributed by atoms with Gasteiger partial charge in [0.2, 0.25) is 0 Å². The minimum atomic E-state index is -0.158. The van der Waals surface area contributed by atoms with Crippen LogP contribution in [0.25, 0.3) is 11.5 Å². The second kappa shape index (κ2) is 5.05. The minimum absolute atomic E-state index is 0.158. The summed E-state index contributed by atoms with van der Waals surface area (Å²) < 4.78 is 5.22. The lowest BCUT2D eigenvalue weighted by molar-refractivity contribution is 0.413. The van der Waals surface area contributed by atoms with E-state index in [4.69, 9.17) is 10.3 Å². The maximum atomic E-state index is 5.93. The zero-order chi connectivity index (χ0) is 12.3. The summed E-state index contributed by atoms with van der Waals surface area (Å²) >= 11 is 0. The fraction of sp³-hybridized carbons (Fsp3) is 0.417. The molecule has 17 heavy (non-hydrogen) atoms. The molecule has 5 nitrogen and oxygen atoms in total. The van der Waals surface area contributed by atoms with Crippen LogP contribution in [-0.2, 0) is 0 Å². The first kappa shape index (κ1) is 11.7. The number of hydrogen-bond donors (Lipinski definition) is 1. The van der Waals surface area contributed by atoms with Gasteiger partial charge in [0.15, 0.2) is 5.82 Å². The molecule has 2 aromatic rings. The molecular weight excluding hydrogens is 216 g/mol. The van der Waals surface area contributed by atoms with Crippen LogP contribution in [0.5, 0.6) is 0 Å². The van der Waals surface area contributed by atoms with Crippen molar-refractivity contribution in [1.29, 1.82) is 0 Å². The largest absolute Gasteiger partial charge is 0.334 e. The van der Waals surface area contributed by atoms with E-state index in [1.807, 2.05) is 19.1 Å². The van der Waals surface area contributed by atoms with Crippen LogP contribution in [0.3, 0.4) is 0 Å². The number of nitrogens with two attached hydrogens (primary N) is 1. The highest BCUT2D eigenvalue weighted by atomic mass is 16.5. The number of pyridine rings is 1. The Morgan fingerprint density at radius 3 is 3.00 bits per heavy atom. The predicted molar refractivity (Wildman–Crippen MR) is 64.1 cm³/mol. The normalized spacial score (nSPS) is 12.6. The molecule has 0 spiro atoms. The summed E-state index contributed by atoms with van der Waals surface area (Å²) in [5, 5.41) is 3.91. The first-order valence-corrected chi connectivity index (χ1v) is 5.73. The second-order valence-corrected chi connectivity index (χ2v) is 3.99. The lowest BCUT2D eigenvalue weighted by atomic mass is 10.1. The predicted octanol–water partition coefficient (Wildman–Crippen LogP) is 2.24. The van der Waals surface area contributed by atoms with Gasteiger partial charge in [0.1, 0.15) is 0 Å². The van der Waals surface area contributed by atoms with Crippen LogP contribution in [0.4, 0.5) is 0 Å². The molecule has 2 aromatic heterocycles. The Morgan fingerprint density at radius 2 is 2.29 bits per heavy atom. The molecule has 5 heteroatoms. The Morgan fingerprint density at radius 1 is 1.47 bits per heavy atom. The van der Waals surface area contributed by atoms with Gasteiger partial charge in [-0.2, -0.15) is 4.98 Å². The highest BCUT2D eigenvalue weighted by Gasteiger charge is 2.15. The van der Waals surface area contributed by atoms with Gasteiger partial charge in [-0.3, -0.25) is 4.98 Å². The number of hydrogen-bond acceptors (Lipinski definition) is 5. The summed E-state index contributed by atoms with van der Waals surface area (Å²) in [5.74, 6) is 1.04. The van der Waals surface area contributed by atoms with Crippen LogP contribution in [0, 0.1) is 6.92 Å². The lowest BCUT2D eigenvalue weighted by Gasteiger charge is -2.02. The molecule has 0 aliphatic rings. The monoisotopic (exact) mass is 232 g/mol. The highest BCUT2D eigenvalue weighted by Crippen LogP contribution is 2.21. The van der Waals surface area contributed by atoms with Gasteiger partial charge in [-0.25, -0.2) is 0 Å². The summed E-state index contributed by atoms with van der Waals surface area (Å²) in [6.45, 7) is 3.98. The zero-order valence-corrected chi connectivity index (χ0v) is 10.1. The molecule has 0 aliphatic carbocycles. The molecule has 0 aliphatic heterocycles. The molecular formula is C12H16N4O. The van der Waals surface area contributed by atoms with E-state index in [1.54, 1.807) is 6.20 Å². The molecule has 2 N–H and O–H groups in total. The van der Waals surface area contributed by atoms with Crippen molar-refractivity contribution in [3.8, 4) is 11.5 Å². The Labute approximate surface area is 100 Å². The fourth-order valence-electron chi connectivity index (χ4n) is 1.65. The Bertz CT molecular complexity index is 495. The standard InChI is InChI=1S/C12H16N4O/c1-3-5-10(13)11-15-12(17-16-11)9-6-4-7-14-8(9)2/h4,6-7,10H,3,5,13H2,1-2H3. The van der Waals surface area contributed by atoms with E-state index in [0.29, 0.717) is 11.7 Å². The van der Waals surface area contributed by atoms with Gasteiger partial charge < -0.3 is 10.3 Å². The third-order valence-corrected chi connectivity index (χ3v) is 2.61. The third kappa shape index (κ3) is 2.50. The molecule has 0 saturated heterocycles. The minimum Gasteiger partial charge on any atom is -0.334 e. The van der Waals surface area contributed by atoms with Gasteiger partial charge in [0, 0.05) is 11.9 Å². The van der Waals surface area contributed by atoms with Crippen molar-refractivity contribution in [2.24, 2.45) is 5.73 Å². The summed E-state index contributed by atoms with van der Waals surface area (Å²) in [6, 6.07) is 3.60. The topological polar surface area (TPSA) is 77.8 Å². The van der Waals surface area contributed by atoms with Crippen molar-refractivity contribution in [2.45, 2.75) is 32.7 Å². The van der Waals surface area contributed by atoms with Crippen LogP contribution < -0.4 is 5.73 Å². The van der Waals surface area contributed by atoms with Gasteiger partial charge in [0.25, 0.3) is 5.89 Å². The molecule has 0 fully saturated rings. The van der Waals surface area contributed by atoms with Crippen LogP contribution in [-0.4, -0.2) is 15.1 Å². The molecule has 1 atom stereocenters. The quantitative estimate of drug-likeness (QED) is 0.874.